The summed E-state index contributed by atoms with van der Waals surface area (Å²) in [7, 11) is 0. The third-order valence-electron chi connectivity index (χ3n) is 5.58. The fourth-order valence-corrected chi connectivity index (χ4v) is 4.15. The number of aryl methyl sites for hydroxylation is 1. The summed E-state index contributed by atoms with van der Waals surface area (Å²) in [6.07, 6.45) is 3.14. The van der Waals surface area contributed by atoms with E-state index in [2.05, 4.69) is 10.2 Å². The zero-order valence-corrected chi connectivity index (χ0v) is 17.3. The van der Waals surface area contributed by atoms with Crippen LogP contribution < -0.4 is 10.2 Å². The van der Waals surface area contributed by atoms with Gasteiger partial charge in [-0.1, -0.05) is 30.3 Å². The van der Waals surface area contributed by atoms with E-state index in [9.17, 15) is 14.4 Å². The molecule has 0 atom stereocenters. The molecule has 2 aromatic rings. The Balaban J connectivity index is 1.79. The van der Waals surface area contributed by atoms with Crippen LogP contribution in [0.25, 0.3) is 5.57 Å². The van der Waals surface area contributed by atoms with Gasteiger partial charge in [-0.2, -0.15) is 0 Å². The van der Waals surface area contributed by atoms with Crippen LogP contribution in [0.2, 0.25) is 0 Å². The molecule has 0 aromatic heterocycles. The number of para-hydroxylation sites is 1. The van der Waals surface area contributed by atoms with Gasteiger partial charge < -0.3 is 10.2 Å². The fourth-order valence-electron chi connectivity index (χ4n) is 4.15. The van der Waals surface area contributed by atoms with Crippen LogP contribution in [-0.2, 0) is 14.4 Å². The number of nitrogens with zero attached hydrogens (tertiary/aromatic N) is 2. The Hall–Kier alpha value is -3.41. The van der Waals surface area contributed by atoms with E-state index in [4.69, 9.17) is 0 Å². The van der Waals surface area contributed by atoms with Crippen molar-refractivity contribution in [3.63, 3.8) is 0 Å². The number of nitrogens with one attached hydrogen (secondary N) is 1. The molecule has 1 saturated heterocycles. The van der Waals surface area contributed by atoms with E-state index in [-0.39, 0.29) is 17.7 Å². The van der Waals surface area contributed by atoms with Crippen molar-refractivity contribution in [1.29, 1.82) is 0 Å². The van der Waals surface area contributed by atoms with Crippen molar-refractivity contribution in [2.24, 2.45) is 0 Å². The molecule has 2 aliphatic rings. The SMILES string of the molecule is CC(=O)Nc1ccc(C2=C(N3CCCCC3)C(=O)N(c3ccccc3C)C2=O)cc1. The van der Waals surface area contributed by atoms with Gasteiger partial charge >= 0.3 is 0 Å². The Kier molecular flexibility index (Phi) is 5.40. The molecule has 2 aromatic carbocycles. The van der Waals surface area contributed by atoms with Crippen LogP contribution in [0.4, 0.5) is 11.4 Å². The van der Waals surface area contributed by atoms with E-state index in [0.29, 0.717) is 28.2 Å². The molecule has 0 unspecified atom stereocenters. The third kappa shape index (κ3) is 3.61. The van der Waals surface area contributed by atoms with Gasteiger partial charge in [0.2, 0.25) is 5.91 Å². The van der Waals surface area contributed by atoms with Crippen LogP contribution in [0.3, 0.4) is 0 Å². The van der Waals surface area contributed by atoms with Crippen LogP contribution in [0.1, 0.15) is 37.3 Å². The van der Waals surface area contributed by atoms with Crippen molar-refractivity contribution in [3.05, 3.63) is 65.4 Å². The van der Waals surface area contributed by atoms with Gasteiger partial charge in [-0.25, -0.2) is 4.90 Å². The smallest absolute Gasteiger partial charge is 0.282 e. The molecule has 0 aliphatic carbocycles. The Bertz CT molecular complexity index is 1030. The molecule has 0 bridgehead atoms. The summed E-state index contributed by atoms with van der Waals surface area (Å²) in [6, 6.07) is 14.5. The summed E-state index contributed by atoms with van der Waals surface area (Å²) in [6.45, 7) is 4.88. The first-order valence-electron chi connectivity index (χ1n) is 10.3. The maximum Gasteiger partial charge on any atom is 0.282 e. The lowest BCUT2D eigenvalue weighted by Gasteiger charge is -2.29. The Labute approximate surface area is 176 Å². The molecule has 154 valence electrons. The molecule has 30 heavy (non-hydrogen) atoms. The maximum absolute atomic E-state index is 13.5. The number of likely N-dealkylation sites (tertiary alicyclic amines) is 1. The molecule has 4 rings (SSSR count). The van der Waals surface area contributed by atoms with Gasteiger partial charge in [0.1, 0.15) is 5.70 Å². The molecule has 2 aliphatic heterocycles. The standard InChI is InChI=1S/C24H25N3O3/c1-16-8-4-5-9-20(16)27-23(29)21(18-10-12-19(13-11-18)25-17(2)28)22(24(27)30)26-14-6-3-7-15-26/h4-5,8-13H,3,6-7,14-15H2,1-2H3,(H,25,28). The maximum atomic E-state index is 13.5. The van der Waals surface area contributed by atoms with Crippen molar-refractivity contribution in [2.45, 2.75) is 33.1 Å². The normalized spacial score (nSPS) is 17.0. The average molecular weight is 403 g/mol. The van der Waals surface area contributed by atoms with Gasteiger partial charge in [0.25, 0.3) is 11.8 Å². The van der Waals surface area contributed by atoms with Gasteiger partial charge in [-0.15, -0.1) is 0 Å². The summed E-state index contributed by atoms with van der Waals surface area (Å²) in [5.41, 5.74) is 3.74. The van der Waals surface area contributed by atoms with Crippen LogP contribution >= 0.6 is 0 Å². The number of rotatable bonds is 4. The summed E-state index contributed by atoms with van der Waals surface area (Å²) >= 11 is 0. The first-order chi connectivity index (χ1) is 14.5. The van der Waals surface area contributed by atoms with Crippen LogP contribution in [0, 0.1) is 6.92 Å². The predicted molar refractivity (Wildman–Crippen MR) is 117 cm³/mol. The summed E-state index contributed by atoms with van der Waals surface area (Å²) in [4.78, 5) is 41.7. The largest absolute Gasteiger partial charge is 0.366 e. The number of carbonyl (C=O) groups excluding carboxylic acids is 3. The lowest BCUT2D eigenvalue weighted by atomic mass is 10.0. The molecule has 1 fully saturated rings. The average Bonchev–Trinajstić information content (AvgIpc) is 2.99. The van der Waals surface area contributed by atoms with Crippen LogP contribution in [-0.4, -0.2) is 35.7 Å². The van der Waals surface area contributed by atoms with Crippen molar-refractivity contribution in [1.82, 2.24) is 4.90 Å². The van der Waals surface area contributed by atoms with Gasteiger partial charge in [0.05, 0.1) is 11.3 Å². The summed E-state index contributed by atoms with van der Waals surface area (Å²) < 4.78 is 0. The second-order valence-corrected chi connectivity index (χ2v) is 7.76. The van der Waals surface area contributed by atoms with E-state index in [1.807, 2.05) is 31.2 Å². The first-order valence-corrected chi connectivity index (χ1v) is 10.3. The molecule has 1 N–H and O–H groups in total. The van der Waals surface area contributed by atoms with Crippen molar-refractivity contribution < 1.29 is 14.4 Å². The topological polar surface area (TPSA) is 69.7 Å². The quantitative estimate of drug-likeness (QED) is 0.790. The molecule has 0 radical (unpaired) electrons. The number of carbonyl (C=O) groups is 3. The molecule has 6 heteroatoms. The Morgan fingerprint density at radius 1 is 0.900 bits per heavy atom. The van der Waals surface area contributed by atoms with Gasteiger partial charge in [0.15, 0.2) is 0 Å². The minimum absolute atomic E-state index is 0.159. The van der Waals surface area contributed by atoms with Crippen LogP contribution in [0.5, 0.6) is 0 Å². The number of anilines is 2. The van der Waals surface area contributed by atoms with Gasteiger partial charge in [0, 0.05) is 25.7 Å². The van der Waals surface area contributed by atoms with Crippen LogP contribution in [0.15, 0.2) is 54.2 Å². The van der Waals surface area contributed by atoms with E-state index >= 15 is 0 Å². The van der Waals surface area contributed by atoms with E-state index in [0.717, 1.165) is 37.9 Å². The summed E-state index contributed by atoms with van der Waals surface area (Å²) in [5.74, 6) is -0.729. The highest BCUT2D eigenvalue weighted by molar-refractivity contribution is 6.45. The number of hydrogen-bond acceptors (Lipinski definition) is 4. The Morgan fingerprint density at radius 2 is 1.57 bits per heavy atom. The predicted octanol–water partition coefficient (Wildman–Crippen LogP) is 3.72. The van der Waals surface area contributed by atoms with Crippen molar-refractivity contribution >= 4 is 34.7 Å². The third-order valence-corrected chi connectivity index (χ3v) is 5.58. The highest BCUT2D eigenvalue weighted by Gasteiger charge is 2.43. The lowest BCUT2D eigenvalue weighted by molar-refractivity contribution is -0.121. The molecular formula is C24H25N3O3. The van der Waals surface area contributed by atoms with Gasteiger partial charge in [-0.3, -0.25) is 14.4 Å². The summed E-state index contributed by atoms with van der Waals surface area (Å²) in [5, 5.41) is 2.73. The minimum atomic E-state index is -0.304. The van der Waals surface area contributed by atoms with Crippen molar-refractivity contribution in [2.75, 3.05) is 23.3 Å². The monoisotopic (exact) mass is 403 g/mol. The second kappa shape index (κ2) is 8.14. The molecule has 0 saturated carbocycles. The second-order valence-electron chi connectivity index (χ2n) is 7.76. The number of hydrogen-bond donors (Lipinski definition) is 1. The minimum Gasteiger partial charge on any atom is -0.366 e. The fraction of sp³-hybridized carbons (Fsp3) is 0.292. The molecule has 6 nitrogen and oxygen atoms in total. The van der Waals surface area contributed by atoms with E-state index in [1.165, 1.54) is 11.8 Å². The van der Waals surface area contributed by atoms with Gasteiger partial charge in [-0.05, 0) is 55.5 Å². The van der Waals surface area contributed by atoms with Crippen molar-refractivity contribution in [3.8, 4) is 0 Å². The first kappa shape index (κ1) is 19.9. The lowest BCUT2D eigenvalue weighted by Crippen LogP contribution is -2.37. The zero-order valence-electron chi connectivity index (χ0n) is 17.3. The molecule has 2 heterocycles. The molecule has 3 amide bonds. The molecule has 0 spiro atoms. The highest BCUT2D eigenvalue weighted by atomic mass is 16.2. The number of imide groups is 1. The Morgan fingerprint density at radius 3 is 2.20 bits per heavy atom. The number of amides is 3. The number of benzene rings is 2. The van der Waals surface area contributed by atoms with E-state index in [1.54, 1.807) is 24.3 Å². The highest BCUT2D eigenvalue weighted by Crippen LogP contribution is 2.37. The molecular weight excluding hydrogens is 378 g/mol. The zero-order chi connectivity index (χ0) is 21.3. The number of piperidine rings is 1. The van der Waals surface area contributed by atoms with E-state index < -0.39 is 0 Å².